The van der Waals surface area contributed by atoms with E-state index in [9.17, 15) is 28.8 Å². The Bertz CT molecular complexity index is 3860. The first kappa shape index (κ1) is 43.0. The van der Waals surface area contributed by atoms with E-state index in [1.54, 1.807) is 24.3 Å². The van der Waals surface area contributed by atoms with Gasteiger partial charge < -0.3 is 9.47 Å². The third-order valence-corrected chi connectivity index (χ3v) is 15.3. The topological polar surface area (TPSA) is 147 Å². The Labute approximate surface area is 416 Å². The number of nitrogens with zero attached hydrogens (tertiary/aromatic N) is 2. The summed E-state index contributed by atoms with van der Waals surface area (Å²) in [5.74, 6) is -3.49. The van der Waals surface area contributed by atoms with E-state index in [4.69, 9.17) is 19.4 Å². The van der Waals surface area contributed by atoms with Crippen LogP contribution in [0.25, 0.3) is 75.7 Å². The molecule has 0 aliphatic heterocycles. The van der Waals surface area contributed by atoms with Crippen LogP contribution in [0.15, 0.2) is 169 Å². The molecule has 0 amide bonds. The van der Waals surface area contributed by atoms with Gasteiger partial charge in [0.05, 0.1) is 31.6 Å². The monoisotopic (exact) mass is 972 g/mol. The summed E-state index contributed by atoms with van der Waals surface area (Å²) < 4.78 is 12.3. The van der Waals surface area contributed by atoms with Gasteiger partial charge in [-0.25, -0.2) is 19.6 Å². The average Bonchev–Trinajstić information content (AvgIpc) is 4.13. The maximum atomic E-state index is 14.6. The zero-order chi connectivity index (χ0) is 48.8. The van der Waals surface area contributed by atoms with Gasteiger partial charge in [-0.2, -0.15) is 0 Å². The molecule has 0 atom stereocenters. The molecule has 0 unspecified atom stereocenters. The molecule has 0 fully saturated rings. The summed E-state index contributed by atoms with van der Waals surface area (Å²) in [6.07, 6.45) is 2.79. The van der Waals surface area contributed by atoms with Gasteiger partial charge in [-0.05, 0) is 115 Å². The molecular weight excluding hydrogens is 941 g/mol. The number of ether oxygens (including phenoxy) is 2. The van der Waals surface area contributed by atoms with Crippen LogP contribution in [-0.2, 0) is 22.7 Å². The maximum absolute atomic E-state index is 14.6. The number of benzene rings is 9. The molecule has 0 radical (unpaired) electrons. The number of esters is 2. The lowest BCUT2D eigenvalue weighted by Crippen LogP contribution is -2.10. The summed E-state index contributed by atoms with van der Waals surface area (Å²) in [7, 11) is 0. The summed E-state index contributed by atoms with van der Waals surface area (Å²) >= 11 is 1.97. The fourth-order valence-electron chi connectivity index (χ4n) is 9.69. The van der Waals surface area contributed by atoms with E-state index in [1.807, 2.05) is 133 Å². The van der Waals surface area contributed by atoms with Gasteiger partial charge in [0.1, 0.15) is 34.4 Å². The van der Waals surface area contributed by atoms with Crippen LogP contribution < -0.4 is 0 Å². The molecule has 0 N–H and O–H groups in total. The van der Waals surface area contributed by atoms with Crippen LogP contribution >= 0.6 is 22.7 Å². The van der Waals surface area contributed by atoms with Gasteiger partial charge in [-0.3, -0.25) is 19.2 Å². The van der Waals surface area contributed by atoms with E-state index in [0.717, 1.165) is 76.9 Å². The van der Waals surface area contributed by atoms with Gasteiger partial charge in [0.15, 0.2) is 23.1 Å². The van der Waals surface area contributed by atoms with Crippen LogP contribution in [0.5, 0.6) is 0 Å². The molecule has 11 aromatic rings. The van der Waals surface area contributed by atoms with Crippen molar-refractivity contribution in [1.82, 2.24) is 9.97 Å². The molecule has 10 nitrogen and oxygen atoms in total. The van der Waals surface area contributed by atoms with Crippen molar-refractivity contribution in [2.45, 2.75) is 13.2 Å². The third kappa shape index (κ3) is 7.14. The van der Waals surface area contributed by atoms with Crippen LogP contribution in [0.2, 0.25) is 0 Å². The van der Waals surface area contributed by atoms with E-state index in [-0.39, 0.29) is 88.2 Å². The Morgan fingerprint density at radius 2 is 0.708 bits per heavy atom. The highest BCUT2D eigenvalue weighted by molar-refractivity contribution is 7.21. The van der Waals surface area contributed by atoms with Crippen molar-refractivity contribution in [3.05, 3.63) is 223 Å². The lowest BCUT2D eigenvalue weighted by Gasteiger charge is -2.10. The number of aromatic nitrogens is 2. The largest absolute Gasteiger partial charge is 0.457 e. The van der Waals surface area contributed by atoms with Gasteiger partial charge in [0.25, 0.3) is 0 Å². The first-order chi connectivity index (χ1) is 35.1. The second-order valence-electron chi connectivity index (χ2n) is 17.7. The van der Waals surface area contributed by atoms with Crippen molar-refractivity contribution in [3.8, 4) is 0 Å². The molecule has 12 heteroatoms. The first-order valence-corrected chi connectivity index (χ1v) is 24.5. The van der Waals surface area contributed by atoms with Crippen molar-refractivity contribution in [2.24, 2.45) is 0 Å². The molecule has 2 aliphatic rings. The molecule has 0 saturated heterocycles. The zero-order valence-electron chi connectivity index (χ0n) is 37.6. The van der Waals surface area contributed by atoms with E-state index in [1.165, 1.54) is 12.2 Å². The Morgan fingerprint density at radius 1 is 0.403 bits per heavy atom. The predicted molar refractivity (Wildman–Crippen MR) is 280 cm³/mol. The highest BCUT2D eigenvalue weighted by Gasteiger charge is 2.37. The lowest BCUT2D eigenvalue weighted by molar-refractivity contribution is 0.0465. The lowest BCUT2D eigenvalue weighted by atomic mass is 9.99. The quantitative estimate of drug-likeness (QED) is 0.0624. The average molecular weight is 973 g/mol. The van der Waals surface area contributed by atoms with Crippen LogP contribution in [0.4, 0.5) is 0 Å². The molecular formula is C60H32N2O8S2. The summed E-state index contributed by atoms with van der Waals surface area (Å²) in [4.78, 5) is 95.6. The minimum atomic E-state index is -0.788. The van der Waals surface area contributed by atoms with Gasteiger partial charge in [-0.15, -0.1) is 22.7 Å². The molecule has 0 saturated carbocycles. The number of hydrogen-bond donors (Lipinski definition) is 0. The van der Waals surface area contributed by atoms with Crippen LogP contribution in [0.1, 0.15) is 83.3 Å². The van der Waals surface area contributed by atoms with Gasteiger partial charge in [-0.1, -0.05) is 109 Å². The summed E-state index contributed by atoms with van der Waals surface area (Å²) in [6.45, 7) is -0.201. The smallest absolute Gasteiger partial charge is 0.342 e. The number of rotatable bonds is 8. The standard InChI is InChI=1S/C60H32N2O8S2/c63-53-41-23-37-19-33-15-7-8-16-34(33)20-38(37)24-42(41)54(64)45(53)27-47-61-51-49(59(67)69-29-31-11-3-1-4-12-31)57-52(50(58(51)72-47)60(68)70-30-32-13-5-2-6-14-32)62-48(71-57)28-46-55(65)43-25-39-21-35-17-9-10-18-36(35)22-40(39)26-44(43)56(46)66/h1-28H,29-30H2. The number of allylic oxidation sites excluding steroid dienone is 2. The van der Waals surface area contributed by atoms with Gasteiger partial charge in [0.2, 0.25) is 0 Å². The number of ketones is 4. The predicted octanol–water partition coefficient (Wildman–Crippen LogP) is 13.2. The molecule has 0 spiro atoms. The Kier molecular flexibility index (Phi) is 10.0. The van der Waals surface area contributed by atoms with E-state index in [0.29, 0.717) is 0 Å². The summed E-state index contributed by atoms with van der Waals surface area (Å²) in [5.41, 5.74) is 2.30. The number of hydrogen-bond acceptors (Lipinski definition) is 12. The molecule has 2 aromatic heterocycles. The van der Waals surface area contributed by atoms with Crippen LogP contribution in [-0.4, -0.2) is 45.0 Å². The van der Waals surface area contributed by atoms with Crippen LogP contribution in [0, 0.1) is 0 Å². The molecule has 342 valence electrons. The van der Waals surface area contributed by atoms with E-state index < -0.39 is 35.1 Å². The maximum Gasteiger partial charge on any atom is 0.342 e. The number of fused-ring (bicyclic) bond motifs is 8. The Hall–Kier alpha value is -9.10. The molecule has 2 aliphatic carbocycles. The fourth-order valence-corrected chi connectivity index (χ4v) is 11.8. The zero-order valence-corrected chi connectivity index (χ0v) is 39.2. The van der Waals surface area contributed by atoms with Gasteiger partial charge >= 0.3 is 11.9 Å². The number of Topliss-reactive ketones (excluding diaryl/α,β-unsaturated/α-hetero) is 4. The van der Waals surface area contributed by atoms with Crippen molar-refractivity contribution in [2.75, 3.05) is 0 Å². The number of thiazole rings is 2. The number of carbonyl (C=O) groups excluding carboxylic acids is 6. The van der Waals surface area contributed by atoms with Crippen molar-refractivity contribution >= 4 is 133 Å². The highest BCUT2D eigenvalue weighted by atomic mass is 32.1. The van der Waals surface area contributed by atoms with Crippen molar-refractivity contribution in [3.63, 3.8) is 0 Å². The Morgan fingerprint density at radius 3 is 1.03 bits per heavy atom. The van der Waals surface area contributed by atoms with Crippen molar-refractivity contribution in [1.29, 1.82) is 0 Å². The van der Waals surface area contributed by atoms with Gasteiger partial charge in [0, 0.05) is 22.3 Å². The molecule has 2 heterocycles. The fraction of sp³-hybridized carbons (Fsp3) is 0.0333. The second kappa shape index (κ2) is 16.8. The molecule has 13 rings (SSSR count). The molecule has 0 bridgehead atoms. The summed E-state index contributed by atoms with van der Waals surface area (Å²) in [6, 6.07) is 48.8. The first-order valence-electron chi connectivity index (χ1n) is 22.9. The van der Waals surface area contributed by atoms with E-state index in [2.05, 4.69) is 0 Å². The van der Waals surface area contributed by atoms with Crippen LogP contribution in [0.3, 0.4) is 0 Å². The highest BCUT2D eigenvalue weighted by Crippen LogP contribution is 2.43. The van der Waals surface area contributed by atoms with Crippen molar-refractivity contribution < 1.29 is 38.2 Å². The number of carbonyl (C=O) groups is 6. The SMILES string of the molecule is O=C1C(=Cc2nc3c(C(=O)OCc4ccccc4)c4sc(C=C5C(=O)c6cc7cc8ccccc8cc7cc6C5=O)nc4c(C(=O)OCc4ccccc4)c3s2)C(=O)c2cc3cc4ccccc4cc3cc21. The third-order valence-electron chi connectivity index (χ3n) is 13.2. The minimum absolute atomic E-state index is 0.0325. The normalized spacial score (nSPS) is 13.3. The second-order valence-corrected chi connectivity index (χ2v) is 19.7. The Balaban J connectivity index is 0.960. The molecule has 72 heavy (non-hydrogen) atoms. The molecule has 9 aromatic carbocycles. The van der Waals surface area contributed by atoms with E-state index >= 15 is 0 Å². The summed E-state index contributed by atoms with van der Waals surface area (Å²) in [5, 5.41) is 7.55. The minimum Gasteiger partial charge on any atom is -0.457 e.